The SMILES string of the molecule is CC(C)(C)OC(=O)N(CCCO[Si](c1ccccc1)(c1ccccc1)C(C)(C)C)CCOc1ccc(-c2sccc2CCOC2CCCCO2)cc1. The van der Waals surface area contributed by atoms with E-state index in [9.17, 15) is 4.79 Å². The number of amides is 1. The minimum atomic E-state index is -2.67. The van der Waals surface area contributed by atoms with Crippen LogP contribution in [0.1, 0.15) is 72.8 Å². The Bertz CT molecular complexity index is 1600. The van der Waals surface area contributed by atoms with Crippen LogP contribution in [0.15, 0.2) is 96.4 Å². The van der Waals surface area contributed by atoms with Crippen LogP contribution in [0.3, 0.4) is 0 Å². The van der Waals surface area contributed by atoms with E-state index in [1.807, 2.05) is 32.9 Å². The van der Waals surface area contributed by atoms with Crippen LogP contribution in [0.4, 0.5) is 4.79 Å². The van der Waals surface area contributed by atoms with E-state index in [-0.39, 0.29) is 17.4 Å². The smallest absolute Gasteiger partial charge is 0.410 e. The van der Waals surface area contributed by atoms with Crippen molar-refractivity contribution in [1.82, 2.24) is 4.90 Å². The van der Waals surface area contributed by atoms with E-state index in [1.165, 1.54) is 27.2 Å². The summed E-state index contributed by atoms with van der Waals surface area (Å²) in [7, 11) is -2.67. The predicted octanol–water partition coefficient (Wildman–Crippen LogP) is 9.08. The van der Waals surface area contributed by atoms with Crippen LogP contribution in [-0.4, -0.2) is 70.7 Å². The molecule has 2 heterocycles. The lowest BCUT2D eigenvalue weighted by atomic mass is 10.1. The van der Waals surface area contributed by atoms with Crippen LogP contribution >= 0.6 is 11.3 Å². The quantitative estimate of drug-likeness (QED) is 0.0843. The van der Waals surface area contributed by atoms with Gasteiger partial charge in [-0.3, -0.25) is 0 Å². The lowest BCUT2D eigenvalue weighted by molar-refractivity contribution is -0.161. The van der Waals surface area contributed by atoms with Crippen molar-refractivity contribution >= 4 is 36.1 Å². The Balaban J connectivity index is 1.18. The summed E-state index contributed by atoms with van der Waals surface area (Å²) in [5.41, 5.74) is 1.83. The van der Waals surface area contributed by atoms with Gasteiger partial charge in [0.15, 0.2) is 6.29 Å². The fourth-order valence-corrected chi connectivity index (χ4v) is 12.3. The van der Waals surface area contributed by atoms with E-state index in [2.05, 4.69) is 105 Å². The number of nitrogens with zero attached hydrogens (tertiary/aromatic N) is 1. The second-order valence-electron chi connectivity index (χ2n) is 15.4. The standard InChI is InChI=1S/C43H57NO6SSi/c1-42(2,3)50-41(45)44(27-15-30-49-52(43(4,5)6,37-16-9-7-10-17-37)38-18-11-8-12-19-38)28-32-46-36-23-21-34(22-24-36)40-35(26-33-51-40)25-31-48-39-20-13-14-29-47-39/h7-12,16-19,21-24,26,33,39H,13-15,20,25,27-32H2,1-6H3. The molecule has 1 aliphatic heterocycles. The maximum Gasteiger partial charge on any atom is 0.410 e. The number of rotatable bonds is 16. The summed E-state index contributed by atoms with van der Waals surface area (Å²) in [6.07, 6.45) is 4.37. The van der Waals surface area contributed by atoms with Gasteiger partial charge >= 0.3 is 6.09 Å². The molecule has 0 saturated carbocycles. The average Bonchev–Trinajstić information content (AvgIpc) is 3.59. The maximum absolute atomic E-state index is 13.4. The van der Waals surface area contributed by atoms with Gasteiger partial charge in [0.1, 0.15) is 18.0 Å². The van der Waals surface area contributed by atoms with Crippen molar-refractivity contribution in [2.45, 2.75) is 90.6 Å². The Labute approximate surface area is 316 Å². The molecule has 0 radical (unpaired) electrons. The Morgan fingerprint density at radius 3 is 2.10 bits per heavy atom. The molecule has 1 aliphatic rings. The molecule has 4 aromatic rings. The molecule has 280 valence electrons. The van der Waals surface area contributed by atoms with E-state index >= 15 is 0 Å². The highest BCUT2D eigenvalue weighted by Crippen LogP contribution is 2.37. The topological polar surface area (TPSA) is 66.5 Å². The third-order valence-corrected chi connectivity index (χ3v) is 15.3. The third kappa shape index (κ3) is 10.8. The summed E-state index contributed by atoms with van der Waals surface area (Å²) in [4.78, 5) is 16.4. The minimum absolute atomic E-state index is 0.0688. The lowest BCUT2D eigenvalue weighted by Gasteiger charge is -2.43. The van der Waals surface area contributed by atoms with Crippen molar-refractivity contribution in [3.8, 4) is 16.2 Å². The highest BCUT2D eigenvalue weighted by atomic mass is 32.1. The number of ether oxygens (including phenoxy) is 4. The number of carbonyl (C=O) groups is 1. The summed E-state index contributed by atoms with van der Waals surface area (Å²) in [6.45, 7) is 15.7. The first kappa shape index (κ1) is 39.7. The fraction of sp³-hybridized carbons (Fsp3) is 0.465. The summed E-state index contributed by atoms with van der Waals surface area (Å²) >= 11 is 1.74. The fourth-order valence-electron chi connectivity index (χ4n) is 6.77. The Morgan fingerprint density at radius 1 is 0.827 bits per heavy atom. The maximum atomic E-state index is 13.4. The molecule has 7 nitrogen and oxygen atoms in total. The molecule has 1 atom stereocenters. The van der Waals surface area contributed by atoms with Crippen molar-refractivity contribution in [2.75, 3.05) is 39.5 Å². The largest absolute Gasteiger partial charge is 0.492 e. The predicted molar refractivity (Wildman–Crippen MR) is 214 cm³/mol. The second kappa shape index (κ2) is 18.5. The van der Waals surface area contributed by atoms with Crippen LogP contribution < -0.4 is 15.1 Å². The van der Waals surface area contributed by atoms with Gasteiger partial charge in [0.2, 0.25) is 0 Å². The zero-order valence-electron chi connectivity index (χ0n) is 31.9. The zero-order valence-corrected chi connectivity index (χ0v) is 33.7. The molecule has 3 aromatic carbocycles. The first-order valence-corrected chi connectivity index (χ1v) is 21.5. The van der Waals surface area contributed by atoms with Gasteiger partial charge in [-0.05, 0) is 115 Å². The molecule has 0 aliphatic carbocycles. The van der Waals surface area contributed by atoms with Crippen LogP contribution in [0.25, 0.3) is 10.4 Å². The van der Waals surface area contributed by atoms with Gasteiger partial charge in [0, 0.05) is 24.6 Å². The Hall–Kier alpha value is -3.47. The molecule has 0 N–H and O–H groups in total. The minimum Gasteiger partial charge on any atom is -0.492 e. The Kier molecular flexibility index (Phi) is 14.2. The molecule has 1 aromatic heterocycles. The molecular weight excluding hydrogens is 687 g/mol. The molecule has 1 fully saturated rings. The van der Waals surface area contributed by atoms with E-state index in [1.54, 1.807) is 16.2 Å². The van der Waals surface area contributed by atoms with Crippen molar-refractivity contribution < 1.29 is 28.2 Å². The molecular formula is C43H57NO6SSi. The number of carbonyl (C=O) groups excluding carboxylic acids is 1. The molecule has 1 amide bonds. The molecule has 5 rings (SSSR count). The normalized spacial score (nSPS) is 15.3. The zero-order chi connectivity index (χ0) is 37.0. The molecule has 1 saturated heterocycles. The van der Waals surface area contributed by atoms with Crippen molar-refractivity contribution in [1.29, 1.82) is 0 Å². The van der Waals surface area contributed by atoms with Gasteiger partial charge in [-0.25, -0.2) is 4.79 Å². The highest BCUT2D eigenvalue weighted by molar-refractivity contribution is 7.13. The average molecular weight is 744 g/mol. The van der Waals surface area contributed by atoms with Crippen LogP contribution in [-0.2, 0) is 25.1 Å². The van der Waals surface area contributed by atoms with E-state index in [4.69, 9.17) is 23.4 Å². The van der Waals surface area contributed by atoms with Crippen LogP contribution in [0.5, 0.6) is 5.75 Å². The number of hydrogen-bond donors (Lipinski definition) is 0. The van der Waals surface area contributed by atoms with Gasteiger partial charge in [0.05, 0.1) is 13.2 Å². The Morgan fingerprint density at radius 2 is 1.50 bits per heavy atom. The monoisotopic (exact) mass is 743 g/mol. The lowest BCUT2D eigenvalue weighted by Crippen LogP contribution is -2.66. The van der Waals surface area contributed by atoms with Gasteiger partial charge in [-0.15, -0.1) is 11.3 Å². The molecule has 52 heavy (non-hydrogen) atoms. The van der Waals surface area contributed by atoms with Crippen molar-refractivity contribution in [3.63, 3.8) is 0 Å². The second-order valence-corrected chi connectivity index (χ2v) is 20.6. The third-order valence-electron chi connectivity index (χ3n) is 9.27. The van der Waals surface area contributed by atoms with Gasteiger partial charge in [-0.1, -0.05) is 81.4 Å². The van der Waals surface area contributed by atoms with Gasteiger partial charge < -0.3 is 28.3 Å². The summed E-state index contributed by atoms with van der Waals surface area (Å²) in [5, 5.41) is 4.50. The number of hydrogen-bond acceptors (Lipinski definition) is 7. The van der Waals surface area contributed by atoms with Crippen LogP contribution in [0.2, 0.25) is 5.04 Å². The van der Waals surface area contributed by atoms with Crippen molar-refractivity contribution in [2.24, 2.45) is 0 Å². The van der Waals surface area contributed by atoms with E-state index < -0.39 is 13.9 Å². The van der Waals surface area contributed by atoms with E-state index in [0.717, 1.165) is 37.2 Å². The number of thiophene rings is 1. The molecule has 1 unspecified atom stereocenters. The molecule has 9 heteroatoms. The molecule has 0 bridgehead atoms. The summed E-state index contributed by atoms with van der Waals surface area (Å²) in [5.74, 6) is 0.763. The van der Waals surface area contributed by atoms with Crippen LogP contribution in [0, 0.1) is 0 Å². The first-order chi connectivity index (χ1) is 25.0. The number of benzene rings is 3. The molecule has 0 spiro atoms. The summed E-state index contributed by atoms with van der Waals surface area (Å²) < 4.78 is 30.8. The van der Waals surface area contributed by atoms with Crippen molar-refractivity contribution in [3.05, 3.63) is 102 Å². The highest BCUT2D eigenvalue weighted by Gasteiger charge is 2.50. The van der Waals surface area contributed by atoms with E-state index in [0.29, 0.717) is 39.3 Å². The summed E-state index contributed by atoms with van der Waals surface area (Å²) in [6, 6.07) is 31.7. The van der Waals surface area contributed by atoms with Gasteiger partial charge in [0.25, 0.3) is 8.32 Å². The van der Waals surface area contributed by atoms with Gasteiger partial charge in [-0.2, -0.15) is 0 Å². The first-order valence-electron chi connectivity index (χ1n) is 18.7.